The van der Waals surface area contributed by atoms with Gasteiger partial charge >= 0.3 is 0 Å². The third-order valence-electron chi connectivity index (χ3n) is 2.63. The lowest BCUT2D eigenvalue weighted by Gasteiger charge is -2.34. The van der Waals surface area contributed by atoms with Crippen LogP contribution in [0.15, 0.2) is 0 Å². The summed E-state index contributed by atoms with van der Waals surface area (Å²) in [5.74, 6) is 1.55. The van der Waals surface area contributed by atoms with E-state index in [-0.39, 0.29) is 0 Å². The van der Waals surface area contributed by atoms with Crippen LogP contribution in [0.25, 0.3) is 0 Å². The molecule has 0 unspecified atom stereocenters. The zero-order valence-corrected chi connectivity index (χ0v) is 10.3. The van der Waals surface area contributed by atoms with Crippen LogP contribution >= 0.6 is 0 Å². The highest BCUT2D eigenvalue weighted by atomic mass is 15.6. The fourth-order valence-electron chi connectivity index (χ4n) is 2.13. The van der Waals surface area contributed by atoms with Crippen LogP contribution in [0.3, 0.4) is 0 Å². The van der Waals surface area contributed by atoms with Gasteiger partial charge in [0.05, 0.1) is 0 Å². The van der Waals surface area contributed by atoms with E-state index in [0.717, 1.165) is 11.8 Å². The minimum absolute atomic E-state index is 0.773. The molecule has 1 saturated heterocycles. The molecule has 2 nitrogen and oxygen atoms in total. The lowest BCUT2D eigenvalue weighted by Crippen LogP contribution is -2.44. The Morgan fingerprint density at radius 1 is 0.929 bits per heavy atom. The summed E-state index contributed by atoms with van der Waals surface area (Å²) in [6.45, 7) is 14.2. The molecule has 1 fully saturated rings. The first kappa shape index (κ1) is 12.0. The minimum Gasteiger partial charge on any atom is -0.242 e. The van der Waals surface area contributed by atoms with E-state index in [2.05, 4.69) is 37.7 Å². The number of nitrogens with zero attached hydrogens (tertiary/aromatic N) is 2. The molecule has 1 aliphatic heterocycles. The predicted octanol–water partition coefficient (Wildman–Crippen LogP) is 2.61. The standard InChI is InChI=1S/C12H26N2/c1-11(2)9-14(10-12(3)4)13-7-5-6-8-13/h11-12H,5-10H2,1-4H3. The quantitative estimate of drug-likeness (QED) is 0.670. The summed E-state index contributed by atoms with van der Waals surface area (Å²) in [5, 5.41) is 5.13. The van der Waals surface area contributed by atoms with Gasteiger partial charge in [-0.25, -0.2) is 10.0 Å². The van der Waals surface area contributed by atoms with Crippen molar-refractivity contribution < 1.29 is 0 Å². The topological polar surface area (TPSA) is 6.48 Å². The number of hydrogen-bond donors (Lipinski definition) is 0. The Kier molecular flexibility index (Phi) is 4.90. The van der Waals surface area contributed by atoms with Gasteiger partial charge in [-0.2, -0.15) is 0 Å². The molecule has 0 atom stereocenters. The predicted molar refractivity (Wildman–Crippen MR) is 62.1 cm³/mol. The molecule has 1 heterocycles. The summed E-state index contributed by atoms with van der Waals surface area (Å²) in [4.78, 5) is 0. The van der Waals surface area contributed by atoms with E-state index in [1.807, 2.05) is 0 Å². The van der Waals surface area contributed by atoms with Crippen molar-refractivity contribution in [3.63, 3.8) is 0 Å². The molecule has 84 valence electrons. The van der Waals surface area contributed by atoms with Gasteiger partial charge in [-0.3, -0.25) is 0 Å². The van der Waals surface area contributed by atoms with Crippen molar-refractivity contribution in [1.29, 1.82) is 0 Å². The van der Waals surface area contributed by atoms with Crippen molar-refractivity contribution in [3.05, 3.63) is 0 Å². The third-order valence-corrected chi connectivity index (χ3v) is 2.63. The van der Waals surface area contributed by atoms with Gasteiger partial charge in [-0.05, 0) is 24.7 Å². The molecule has 0 radical (unpaired) electrons. The van der Waals surface area contributed by atoms with E-state index >= 15 is 0 Å². The zero-order valence-electron chi connectivity index (χ0n) is 10.3. The lowest BCUT2D eigenvalue weighted by molar-refractivity contribution is -0.0223. The second kappa shape index (κ2) is 5.72. The molecular weight excluding hydrogens is 172 g/mol. The van der Waals surface area contributed by atoms with Crippen molar-refractivity contribution in [2.45, 2.75) is 40.5 Å². The molecule has 0 aromatic heterocycles. The molecule has 0 amide bonds. The molecule has 0 N–H and O–H groups in total. The summed E-state index contributed by atoms with van der Waals surface area (Å²) >= 11 is 0. The number of hydrazine groups is 1. The van der Waals surface area contributed by atoms with E-state index in [1.165, 1.54) is 39.0 Å². The van der Waals surface area contributed by atoms with E-state index < -0.39 is 0 Å². The van der Waals surface area contributed by atoms with Crippen molar-refractivity contribution in [3.8, 4) is 0 Å². The molecule has 14 heavy (non-hydrogen) atoms. The molecule has 0 aromatic rings. The van der Waals surface area contributed by atoms with Gasteiger partial charge in [0, 0.05) is 26.2 Å². The second-order valence-corrected chi connectivity index (χ2v) is 5.32. The molecule has 1 aliphatic rings. The maximum atomic E-state index is 2.57. The highest BCUT2D eigenvalue weighted by Crippen LogP contribution is 2.14. The summed E-state index contributed by atoms with van der Waals surface area (Å²) in [5.41, 5.74) is 0. The summed E-state index contributed by atoms with van der Waals surface area (Å²) in [6, 6.07) is 0. The number of rotatable bonds is 5. The Balaban J connectivity index is 2.42. The van der Waals surface area contributed by atoms with Crippen LogP contribution in [-0.4, -0.2) is 36.2 Å². The van der Waals surface area contributed by atoms with Crippen molar-refractivity contribution in [1.82, 2.24) is 10.0 Å². The monoisotopic (exact) mass is 198 g/mol. The van der Waals surface area contributed by atoms with Gasteiger partial charge < -0.3 is 0 Å². The van der Waals surface area contributed by atoms with E-state index in [9.17, 15) is 0 Å². The van der Waals surface area contributed by atoms with Crippen LogP contribution < -0.4 is 0 Å². The van der Waals surface area contributed by atoms with Crippen LogP contribution in [0.1, 0.15) is 40.5 Å². The molecule has 0 saturated carbocycles. The van der Waals surface area contributed by atoms with E-state index in [4.69, 9.17) is 0 Å². The van der Waals surface area contributed by atoms with Crippen LogP contribution in [0.5, 0.6) is 0 Å². The fraction of sp³-hybridized carbons (Fsp3) is 1.00. The summed E-state index contributed by atoms with van der Waals surface area (Å²) in [6.07, 6.45) is 2.76. The van der Waals surface area contributed by atoms with Gasteiger partial charge in [-0.15, -0.1) is 0 Å². The van der Waals surface area contributed by atoms with E-state index in [0.29, 0.717) is 0 Å². The highest BCUT2D eigenvalue weighted by molar-refractivity contribution is 4.67. The van der Waals surface area contributed by atoms with Crippen LogP contribution in [0, 0.1) is 11.8 Å². The second-order valence-electron chi connectivity index (χ2n) is 5.32. The maximum absolute atomic E-state index is 2.57. The van der Waals surface area contributed by atoms with Gasteiger partial charge in [0.1, 0.15) is 0 Å². The Labute approximate surface area is 89.2 Å². The SMILES string of the molecule is CC(C)CN(CC(C)C)N1CCCC1. The van der Waals surface area contributed by atoms with Gasteiger partial charge in [-0.1, -0.05) is 27.7 Å². The van der Waals surface area contributed by atoms with Crippen LogP contribution in [0.4, 0.5) is 0 Å². The Morgan fingerprint density at radius 2 is 1.36 bits per heavy atom. The molecule has 1 rings (SSSR count). The average Bonchev–Trinajstić information content (AvgIpc) is 2.52. The first-order chi connectivity index (χ1) is 6.59. The largest absolute Gasteiger partial charge is 0.242 e. The Bertz CT molecular complexity index is 138. The molecule has 0 bridgehead atoms. The normalized spacial score (nSPS) is 19.1. The number of hydrogen-bond acceptors (Lipinski definition) is 2. The van der Waals surface area contributed by atoms with Crippen molar-refractivity contribution in [2.24, 2.45) is 11.8 Å². The minimum atomic E-state index is 0.773. The first-order valence-electron chi connectivity index (χ1n) is 6.09. The summed E-state index contributed by atoms with van der Waals surface area (Å²) in [7, 11) is 0. The van der Waals surface area contributed by atoms with Crippen LogP contribution in [0.2, 0.25) is 0 Å². The van der Waals surface area contributed by atoms with Gasteiger partial charge in [0.15, 0.2) is 0 Å². The van der Waals surface area contributed by atoms with Crippen molar-refractivity contribution in [2.75, 3.05) is 26.2 Å². The fourth-order valence-corrected chi connectivity index (χ4v) is 2.13. The molecule has 0 aliphatic carbocycles. The van der Waals surface area contributed by atoms with Crippen molar-refractivity contribution >= 4 is 0 Å². The van der Waals surface area contributed by atoms with Crippen LogP contribution in [-0.2, 0) is 0 Å². The molecule has 0 spiro atoms. The first-order valence-corrected chi connectivity index (χ1v) is 6.09. The van der Waals surface area contributed by atoms with Gasteiger partial charge in [0.2, 0.25) is 0 Å². The molecule has 2 heteroatoms. The maximum Gasteiger partial charge on any atom is 0.0156 e. The Morgan fingerprint density at radius 3 is 1.71 bits per heavy atom. The average molecular weight is 198 g/mol. The Hall–Kier alpha value is -0.0800. The third kappa shape index (κ3) is 3.97. The van der Waals surface area contributed by atoms with E-state index in [1.54, 1.807) is 0 Å². The zero-order chi connectivity index (χ0) is 10.6. The smallest absolute Gasteiger partial charge is 0.0156 e. The lowest BCUT2D eigenvalue weighted by atomic mass is 10.2. The molecular formula is C12H26N2. The summed E-state index contributed by atoms with van der Waals surface area (Å²) < 4.78 is 0. The highest BCUT2D eigenvalue weighted by Gasteiger charge is 2.20. The van der Waals surface area contributed by atoms with Gasteiger partial charge in [0.25, 0.3) is 0 Å². The molecule has 0 aromatic carbocycles.